The van der Waals surface area contributed by atoms with E-state index in [0.717, 1.165) is 22.6 Å². The zero-order valence-electron chi connectivity index (χ0n) is 10.5. The van der Waals surface area contributed by atoms with Gasteiger partial charge in [-0.3, -0.25) is 0 Å². The van der Waals surface area contributed by atoms with Crippen LogP contribution >= 0.6 is 15.9 Å². The van der Waals surface area contributed by atoms with Gasteiger partial charge < -0.3 is 10.0 Å². The summed E-state index contributed by atoms with van der Waals surface area (Å²) in [5.74, 6) is -0.130. The first kappa shape index (κ1) is 13.4. The Bertz CT molecular complexity index is 441. The van der Waals surface area contributed by atoms with Crippen LogP contribution in [-0.4, -0.2) is 24.7 Å². The van der Waals surface area contributed by atoms with Gasteiger partial charge in [0.15, 0.2) is 0 Å². The van der Waals surface area contributed by atoms with E-state index in [4.69, 9.17) is 5.11 Å². The Balaban J connectivity index is 2.13. The number of anilines is 1. The van der Waals surface area contributed by atoms with Crippen LogP contribution in [0.3, 0.4) is 0 Å². The van der Waals surface area contributed by atoms with Gasteiger partial charge in [-0.15, -0.1) is 0 Å². The molecule has 18 heavy (non-hydrogen) atoms. The summed E-state index contributed by atoms with van der Waals surface area (Å²) >= 11 is 3.37. The van der Waals surface area contributed by atoms with Gasteiger partial charge in [-0.25, -0.2) is 4.79 Å². The van der Waals surface area contributed by atoms with E-state index in [1.807, 2.05) is 13.1 Å². The average molecular weight is 312 g/mol. The zero-order chi connectivity index (χ0) is 13.1. The summed E-state index contributed by atoms with van der Waals surface area (Å²) < 4.78 is 0.815. The second-order valence-electron chi connectivity index (χ2n) is 5.03. The molecule has 0 saturated heterocycles. The van der Waals surface area contributed by atoms with E-state index < -0.39 is 5.97 Å². The summed E-state index contributed by atoms with van der Waals surface area (Å²) in [4.78, 5) is 13.2. The first-order valence-electron chi connectivity index (χ1n) is 6.31. The minimum Gasteiger partial charge on any atom is -0.478 e. The lowest BCUT2D eigenvalue weighted by Gasteiger charge is -2.23. The SMILES string of the molecule is CN(CC1CCCC1)c1cc(Br)cc(C(=O)O)c1. The number of aromatic carboxylic acids is 1. The van der Waals surface area contributed by atoms with Crippen molar-refractivity contribution in [3.8, 4) is 0 Å². The van der Waals surface area contributed by atoms with E-state index in [9.17, 15) is 4.79 Å². The molecule has 1 aromatic carbocycles. The van der Waals surface area contributed by atoms with E-state index in [-0.39, 0.29) is 0 Å². The maximum Gasteiger partial charge on any atom is 0.335 e. The normalized spacial score (nSPS) is 15.9. The number of carbonyl (C=O) groups is 1. The summed E-state index contributed by atoms with van der Waals surface area (Å²) in [5.41, 5.74) is 1.30. The maximum absolute atomic E-state index is 11.0. The van der Waals surface area contributed by atoms with Gasteiger partial charge >= 0.3 is 5.97 Å². The minimum atomic E-state index is -0.883. The molecule has 0 spiro atoms. The highest BCUT2D eigenvalue weighted by Crippen LogP contribution is 2.28. The number of hydrogen-bond acceptors (Lipinski definition) is 2. The van der Waals surface area contributed by atoms with Crippen molar-refractivity contribution >= 4 is 27.6 Å². The van der Waals surface area contributed by atoms with Crippen molar-refractivity contribution in [2.45, 2.75) is 25.7 Å². The fraction of sp³-hybridized carbons (Fsp3) is 0.500. The molecule has 0 atom stereocenters. The van der Waals surface area contributed by atoms with Crippen LogP contribution in [0.4, 0.5) is 5.69 Å². The molecule has 2 rings (SSSR count). The molecule has 0 heterocycles. The molecule has 0 bridgehead atoms. The van der Waals surface area contributed by atoms with Crippen molar-refractivity contribution in [2.75, 3.05) is 18.5 Å². The molecule has 0 unspecified atom stereocenters. The quantitative estimate of drug-likeness (QED) is 0.920. The molecule has 1 fully saturated rings. The first-order chi connectivity index (χ1) is 8.56. The van der Waals surface area contributed by atoms with Gasteiger partial charge in [-0.1, -0.05) is 28.8 Å². The Hall–Kier alpha value is -1.03. The lowest BCUT2D eigenvalue weighted by atomic mass is 10.1. The summed E-state index contributed by atoms with van der Waals surface area (Å²) in [5, 5.41) is 9.06. The molecular formula is C14H18BrNO2. The van der Waals surface area contributed by atoms with Crippen molar-refractivity contribution in [1.29, 1.82) is 0 Å². The van der Waals surface area contributed by atoms with E-state index >= 15 is 0 Å². The number of carboxylic acids is 1. The third-order valence-electron chi connectivity index (χ3n) is 3.58. The first-order valence-corrected chi connectivity index (χ1v) is 7.10. The number of hydrogen-bond donors (Lipinski definition) is 1. The molecule has 1 aliphatic carbocycles. The van der Waals surface area contributed by atoms with Crippen LogP contribution < -0.4 is 4.90 Å². The standard InChI is InChI=1S/C14H18BrNO2/c1-16(9-10-4-2-3-5-10)13-7-11(14(17)18)6-12(15)8-13/h6-8,10H,2-5,9H2,1H3,(H,17,18). The molecule has 1 aliphatic rings. The number of benzene rings is 1. The predicted octanol–water partition coefficient (Wildman–Crippen LogP) is 3.77. The molecule has 98 valence electrons. The third-order valence-corrected chi connectivity index (χ3v) is 4.03. The van der Waals surface area contributed by atoms with Crippen LogP contribution in [0, 0.1) is 5.92 Å². The van der Waals surface area contributed by atoms with E-state index in [1.54, 1.807) is 12.1 Å². The maximum atomic E-state index is 11.0. The zero-order valence-corrected chi connectivity index (χ0v) is 12.1. The van der Waals surface area contributed by atoms with Crippen molar-refractivity contribution < 1.29 is 9.90 Å². The van der Waals surface area contributed by atoms with Crippen LogP contribution in [0.15, 0.2) is 22.7 Å². The monoisotopic (exact) mass is 311 g/mol. The Morgan fingerprint density at radius 2 is 2.06 bits per heavy atom. The second kappa shape index (κ2) is 5.74. The van der Waals surface area contributed by atoms with Crippen molar-refractivity contribution in [3.63, 3.8) is 0 Å². The van der Waals surface area contributed by atoms with Crippen LogP contribution in [0.25, 0.3) is 0 Å². The molecule has 1 aromatic rings. The Morgan fingerprint density at radius 3 is 2.67 bits per heavy atom. The van der Waals surface area contributed by atoms with Crippen molar-refractivity contribution in [1.82, 2.24) is 0 Å². The van der Waals surface area contributed by atoms with Crippen molar-refractivity contribution in [3.05, 3.63) is 28.2 Å². The minimum absolute atomic E-state index is 0.331. The second-order valence-corrected chi connectivity index (χ2v) is 5.95. The molecule has 3 nitrogen and oxygen atoms in total. The lowest BCUT2D eigenvalue weighted by Crippen LogP contribution is -2.24. The topological polar surface area (TPSA) is 40.5 Å². The van der Waals surface area contributed by atoms with E-state index in [1.165, 1.54) is 25.7 Å². The summed E-state index contributed by atoms with van der Waals surface area (Å²) in [6, 6.07) is 5.35. The summed E-state index contributed by atoms with van der Waals surface area (Å²) in [7, 11) is 2.03. The average Bonchev–Trinajstić information content (AvgIpc) is 2.80. The highest BCUT2D eigenvalue weighted by atomic mass is 79.9. The third kappa shape index (κ3) is 3.25. The fourth-order valence-electron chi connectivity index (χ4n) is 2.60. The van der Waals surface area contributed by atoms with Gasteiger partial charge in [-0.05, 0) is 37.0 Å². The smallest absolute Gasteiger partial charge is 0.335 e. The highest BCUT2D eigenvalue weighted by molar-refractivity contribution is 9.10. The molecule has 0 aromatic heterocycles. The van der Waals surface area contributed by atoms with Crippen LogP contribution in [0.2, 0.25) is 0 Å². The number of nitrogens with zero attached hydrogens (tertiary/aromatic N) is 1. The van der Waals surface area contributed by atoms with Gasteiger partial charge in [0.2, 0.25) is 0 Å². The molecule has 0 aliphatic heterocycles. The molecule has 1 saturated carbocycles. The fourth-order valence-corrected chi connectivity index (χ4v) is 3.08. The van der Waals surface area contributed by atoms with Gasteiger partial charge in [0.25, 0.3) is 0 Å². The Morgan fingerprint density at radius 1 is 1.39 bits per heavy atom. The molecule has 4 heteroatoms. The lowest BCUT2D eigenvalue weighted by molar-refractivity contribution is 0.0697. The number of rotatable bonds is 4. The molecular weight excluding hydrogens is 294 g/mol. The molecule has 0 amide bonds. The van der Waals surface area contributed by atoms with Gasteiger partial charge in [0, 0.05) is 23.8 Å². The van der Waals surface area contributed by atoms with Gasteiger partial charge in [-0.2, -0.15) is 0 Å². The summed E-state index contributed by atoms with van der Waals surface area (Å²) in [6.07, 6.45) is 5.25. The number of halogens is 1. The Labute approximate surface area is 116 Å². The van der Waals surface area contributed by atoms with Gasteiger partial charge in [0.05, 0.1) is 5.56 Å². The van der Waals surface area contributed by atoms with E-state index in [0.29, 0.717) is 5.56 Å². The van der Waals surface area contributed by atoms with Crippen LogP contribution in [0.5, 0.6) is 0 Å². The largest absolute Gasteiger partial charge is 0.478 e. The molecule has 0 radical (unpaired) electrons. The number of carboxylic acid groups (broad SMARTS) is 1. The predicted molar refractivity (Wildman–Crippen MR) is 76.3 cm³/mol. The van der Waals surface area contributed by atoms with Crippen LogP contribution in [-0.2, 0) is 0 Å². The Kier molecular flexibility index (Phi) is 4.27. The highest BCUT2D eigenvalue weighted by Gasteiger charge is 2.17. The van der Waals surface area contributed by atoms with Gasteiger partial charge in [0.1, 0.15) is 0 Å². The summed E-state index contributed by atoms with van der Waals surface area (Å²) in [6.45, 7) is 1.01. The molecule has 1 N–H and O–H groups in total. The van der Waals surface area contributed by atoms with Crippen molar-refractivity contribution in [2.24, 2.45) is 5.92 Å². The van der Waals surface area contributed by atoms with Crippen LogP contribution in [0.1, 0.15) is 36.0 Å². The van der Waals surface area contributed by atoms with E-state index in [2.05, 4.69) is 20.8 Å².